The summed E-state index contributed by atoms with van der Waals surface area (Å²) in [6.45, 7) is 6.78. The van der Waals surface area contributed by atoms with Crippen LogP contribution < -0.4 is 10.2 Å². The van der Waals surface area contributed by atoms with Crippen LogP contribution in [0.4, 0.5) is 5.69 Å². The first-order valence-electron chi connectivity index (χ1n) is 8.83. The molecule has 2 saturated heterocycles. The maximum atomic E-state index is 11.6. The number of nitrogens with zero attached hydrogens (tertiary/aromatic N) is 3. The van der Waals surface area contributed by atoms with Gasteiger partial charge in [0.15, 0.2) is 0 Å². The van der Waals surface area contributed by atoms with Crippen LogP contribution in [0, 0.1) is 0 Å². The molecule has 2 heterocycles. The molecule has 1 atom stereocenters. The third-order valence-corrected chi connectivity index (χ3v) is 5.37. The van der Waals surface area contributed by atoms with E-state index in [0.29, 0.717) is 12.6 Å². The number of carbonyl (C=O) groups excluding carboxylic acids is 1. The maximum Gasteiger partial charge on any atom is 0.233 e. The number of piperazine rings is 1. The lowest BCUT2D eigenvalue weighted by molar-refractivity contribution is -0.122. The van der Waals surface area contributed by atoms with Crippen LogP contribution in [-0.4, -0.2) is 74.6 Å². The highest BCUT2D eigenvalue weighted by Gasteiger charge is 2.28. The Labute approximate surface area is 149 Å². The van der Waals surface area contributed by atoms with Crippen molar-refractivity contribution in [3.05, 3.63) is 29.3 Å². The number of hydrogen-bond donors (Lipinski definition) is 1. The molecule has 2 aliphatic heterocycles. The highest BCUT2D eigenvalue weighted by atomic mass is 35.5. The summed E-state index contributed by atoms with van der Waals surface area (Å²) >= 11 is 6.11. The Kier molecular flexibility index (Phi) is 5.98. The van der Waals surface area contributed by atoms with Gasteiger partial charge in [-0.05, 0) is 37.6 Å². The summed E-state index contributed by atoms with van der Waals surface area (Å²) in [5.74, 6) is 0.112. The number of carbonyl (C=O) groups is 1. The van der Waals surface area contributed by atoms with Crippen LogP contribution in [-0.2, 0) is 4.79 Å². The first-order valence-corrected chi connectivity index (χ1v) is 9.21. The summed E-state index contributed by atoms with van der Waals surface area (Å²) in [5, 5.41) is 3.52. The summed E-state index contributed by atoms with van der Waals surface area (Å²) in [7, 11) is 1.71. The molecule has 2 aliphatic rings. The van der Waals surface area contributed by atoms with Gasteiger partial charge in [-0.15, -0.1) is 0 Å². The molecule has 0 radical (unpaired) electrons. The van der Waals surface area contributed by atoms with E-state index < -0.39 is 0 Å². The van der Waals surface area contributed by atoms with E-state index in [1.54, 1.807) is 7.05 Å². The molecule has 1 aromatic rings. The fourth-order valence-electron chi connectivity index (χ4n) is 3.77. The monoisotopic (exact) mass is 350 g/mol. The zero-order valence-corrected chi connectivity index (χ0v) is 15.1. The molecule has 0 aliphatic carbocycles. The van der Waals surface area contributed by atoms with Crippen molar-refractivity contribution in [3.8, 4) is 0 Å². The Bertz CT molecular complexity index is 560. The number of halogens is 1. The van der Waals surface area contributed by atoms with Gasteiger partial charge in [0.1, 0.15) is 0 Å². The van der Waals surface area contributed by atoms with Gasteiger partial charge in [-0.3, -0.25) is 14.6 Å². The number of piperidine rings is 1. The molecular formula is C18H27ClN4O. The first kappa shape index (κ1) is 17.5. The third kappa shape index (κ3) is 4.41. The number of anilines is 1. The minimum atomic E-state index is 0.112. The third-order valence-electron chi connectivity index (χ3n) is 5.13. The molecule has 3 rings (SSSR count). The Balaban J connectivity index is 1.51. The number of benzene rings is 1. The number of likely N-dealkylation sites (N-methyl/N-ethyl adjacent to an activating group) is 1. The first-order chi connectivity index (χ1) is 11.7. The molecule has 132 valence electrons. The standard InChI is InChI=1S/C18H27ClN4O/c1-20-18(24)14-21-7-3-6-17(13-21)23-10-8-22(9-11-23)16-5-2-4-15(19)12-16/h2,4-5,12,17H,3,6-11,13-14H2,1H3,(H,20,24). The van der Waals surface area contributed by atoms with Crippen LogP contribution in [0.1, 0.15) is 12.8 Å². The lowest BCUT2D eigenvalue weighted by atomic mass is 10.0. The van der Waals surface area contributed by atoms with Crippen molar-refractivity contribution in [1.29, 1.82) is 0 Å². The van der Waals surface area contributed by atoms with E-state index in [1.807, 2.05) is 18.2 Å². The predicted octanol–water partition coefficient (Wildman–Crippen LogP) is 1.67. The molecule has 1 unspecified atom stereocenters. The SMILES string of the molecule is CNC(=O)CN1CCCC(N2CCN(c3cccc(Cl)c3)CC2)C1. The molecule has 6 heteroatoms. The molecule has 1 amide bonds. The van der Waals surface area contributed by atoms with E-state index in [9.17, 15) is 4.79 Å². The van der Waals surface area contributed by atoms with Gasteiger partial charge in [-0.2, -0.15) is 0 Å². The van der Waals surface area contributed by atoms with Gasteiger partial charge < -0.3 is 10.2 Å². The molecule has 0 spiro atoms. The summed E-state index contributed by atoms with van der Waals surface area (Å²) in [4.78, 5) is 18.9. The summed E-state index contributed by atoms with van der Waals surface area (Å²) in [5.41, 5.74) is 1.21. The van der Waals surface area contributed by atoms with E-state index in [4.69, 9.17) is 11.6 Å². The van der Waals surface area contributed by atoms with Gasteiger partial charge in [0.2, 0.25) is 5.91 Å². The molecule has 1 aromatic carbocycles. The highest BCUT2D eigenvalue weighted by Crippen LogP contribution is 2.23. The molecule has 1 N–H and O–H groups in total. The lowest BCUT2D eigenvalue weighted by Gasteiger charge is -2.43. The topological polar surface area (TPSA) is 38.8 Å². The molecule has 0 bridgehead atoms. The van der Waals surface area contributed by atoms with Crippen molar-refractivity contribution in [2.45, 2.75) is 18.9 Å². The average Bonchev–Trinajstić information content (AvgIpc) is 2.62. The van der Waals surface area contributed by atoms with Gasteiger partial charge in [0.05, 0.1) is 6.54 Å². The van der Waals surface area contributed by atoms with Crippen LogP contribution in [0.15, 0.2) is 24.3 Å². The molecule has 0 aromatic heterocycles. The number of amides is 1. The molecule has 2 fully saturated rings. The minimum absolute atomic E-state index is 0.112. The lowest BCUT2D eigenvalue weighted by Crippen LogP contribution is -2.55. The number of nitrogens with one attached hydrogen (secondary N) is 1. The van der Waals surface area contributed by atoms with Gasteiger partial charge in [-0.1, -0.05) is 17.7 Å². The van der Waals surface area contributed by atoms with Crippen LogP contribution in [0.25, 0.3) is 0 Å². The van der Waals surface area contributed by atoms with Crippen molar-refractivity contribution in [2.75, 3.05) is 57.8 Å². The highest BCUT2D eigenvalue weighted by molar-refractivity contribution is 6.30. The van der Waals surface area contributed by atoms with Crippen LogP contribution in [0.2, 0.25) is 5.02 Å². The van der Waals surface area contributed by atoms with Crippen molar-refractivity contribution in [1.82, 2.24) is 15.1 Å². The molecule has 24 heavy (non-hydrogen) atoms. The average molecular weight is 351 g/mol. The van der Waals surface area contributed by atoms with E-state index >= 15 is 0 Å². The number of likely N-dealkylation sites (tertiary alicyclic amines) is 1. The quantitative estimate of drug-likeness (QED) is 0.896. The zero-order valence-electron chi connectivity index (χ0n) is 14.4. The van der Waals surface area contributed by atoms with Gasteiger partial charge >= 0.3 is 0 Å². The van der Waals surface area contributed by atoms with E-state index in [1.165, 1.54) is 18.5 Å². The minimum Gasteiger partial charge on any atom is -0.369 e. The van der Waals surface area contributed by atoms with Gasteiger partial charge in [0, 0.05) is 56.5 Å². The zero-order chi connectivity index (χ0) is 16.9. The van der Waals surface area contributed by atoms with Gasteiger partial charge in [-0.25, -0.2) is 0 Å². The van der Waals surface area contributed by atoms with Crippen molar-refractivity contribution in [3.63, 3.8) is 0 Å². The fraction of sp³-hybridized carbons (Fsp3) is 0.611. The summed E-state index contributed by atoms with van der Waals surface area (Å²) in [6.07, 6.45) is 2.41. The van der Waals surface area contributed by atoms with E-state index in [-0.39, 0.29) is 5.91 Å². The van der Waals surface area contributed by atoms with E-state index in [0.717, 1.165) is 44.3 Å². The van der Waals surface area contributed by atoms with Crippen LogP contribution in [0.3, 0.4) is 0 Å². The normalized spacial score (nSPS) is 23.2. The largest absolute Gasteiger partial charge is 0.369 e. The van der Waals surface area contributed by atoms with Crippen molar-refractivity contribution in [2.24, 2.45) is 0 Å². The smallest absolute Gasteiger partial charge is 0.233 e. The van der Waals surface area contributed by atoms with Gasteiger partial charge in [0.25, 0.3) is 0 Å². The Morgan fingerprint density at radius 2 is 2.04 bits per heavy atom. The van der Waals surface area contributed by atoms with Crippen molar-refractivity contribution < 1.29 is 4.79 Å². The predicted molar refractivity (Wildman–Crippen MR) is 98.8 cm³/mol. The molecule has 0 saturated carbocycles. The second-order valence-corrected chi connectivity index (χ2v) is 7.14. The second kappa shape index (κ2) is 8.19. The van der Waals surface area contributed by atoms with Crippen molar-refractivity contribution >= 4 is 23.2 Å². The fourth-order valence-corrected chi connectivity index (χ4v) is 3.96. The van der Waals surface area contributed by atoms with E-state index in [2.05, 4.69) is 26.1 Å². The second-order valence-electron chi connectivity index (χ2n) is 6.71. The Hall–Kier alpha value is -1.30. The van der Waals surface area contributed by atoms with Crippen LogP contribution in [0.5, 0.6) is 0 Å². The Morgan fingerprint density at radius 3 is 2.75 bits per heavy atom. The molecular weight excluding hydrogens is 324 g/mol. The number of hydrogen-bond acceptors (Lipinski definition) is 4. The number of rotatable bonds is 4. The Morgan fingerprint density at radius 1 is 1.25 bits per heavy atom. The summed E-state index contributed by atoms with van der Waals surface area (Å²) < 4.78 is 0. The maximum absolute atomic E-state index is 11.6. The summed E-state index contributed by atoms with van der Waals surface area (Å²) in [6, 6.07) is 8.69. The molecule has 5 nitrogen and oxygen atoms in total. The van der Waals surface area contributed by atoms with Crippen LogP contribution >= 0.6 is 11.6 Å².